The van der Waals surface area contributed by atoms with E-state index in [0.29, 0.717) is 5.88 Å². The van der Waals surface area contributed by atoms with Crippen LogP contribution in [0.25, 0.3) is 0 Å². The standard InChI is InChI=1S/C15H23N3O/c1-19-15-4-2-3-14(17-15)18-9-7-12(8-10-18)11-16-13-5-6-13/h2-4,12-13,16H,5-11H2,1H3. The highest BCUT2D eigenvalue weighted by Crippen LogP contribution is 2.24. The van der Waals surface area contributed by atoms with E-state index in [1.54, 1.807) is 7.11 Å². The third-order valence-corrected chi connectivity index (χ3v) is 4.13. The van der Waals surface area contributed by atoms with Crippen LogP contribution in [0.4, 0.5) is 5.82 Å². The van der Waals surface area contributed by atoms with Crippen molar-refractivity contribution < 1.29 is 4.74 Å². The van der Waals surface area contributed by atoms with E-state index in [1.165, 1.54) is 32.2 Å². The maximum atomic E-state index is 5.19. The lowest BCUT2D eigenvalue weighted by molar-refractivity contribution is 0.377. The number of methoxy groups -OCH3 is 1. The Kier molecular flexibility index (Phi) is 3.87. The van der Waals surface area contributed by atoms with Gasteiger partial charge >= 0.3 is 0 Å². The number of anilines is 1. The zero-order valence-corrected chi connectivity index (χ0v) is 11.6. The van der Waals surface area contributed by atoms with Gasteiger partial charge in [0.2, 0.25) is 5.88 Å². The van der Waals surface area contributed by atoms with Gasteiger partial charge in [-0.05, 0) is 44.2 Å². The molecule has 2 fully saturated rings. The largest absolute Gasteiger partial charge is 0.481 e. The number of nitrogens with one attached hydrogen (secondary N) is 1. The number of piperidine rings is 1. The minimum absolute atomic E-state index is 0.704. The Labute approximate surface area is 115 Å². The van der Waals surface area contributed by atoms with Crippen LogP contribution in [0.5, 0.6) is 5.88 Å². The lowest BCUT2D eigenvalue weighted by atomic mass is 9.97. The summed E-state index contributed by atoms with van der Waals surface area (Å²) in [5.41, 5.74) is 0. The molecule has 1 aromatic heterocycles. The third-order valence-electron chi connectivity index (χ3n) is 4.13. The highest BCUT2D eigenvalue weighted by molar-refractivity contribution is 5.41. The second-order valence-electron chi connectivity index (χ2n) is 5.65. The van der Waals surface area contributed by atoms with Gasteiger partial charge in [-0.25, -0.2) is 0 Å². The molecule has 19 heavy (non-hydrogen) atoms. The Bertz CT molecular complexity index is 412. The van der Waals surface area contributed by atoms with Crippen LogP contribution in [0.3, 0.4) is 0 Å². The van der Waals surface area contributed by atoms with E-state index >= 15 is 0 Å². The van der Waals surface area contributed by atoms with Gasteiger partial charge < -0.3 is 15.0 Å². The number of hydrogen-bond donors (Lipinski definition) is 1. The van der Waals surface area contributed by atoms with Gasteiger partial charge in [0.05, 0.1) is 7.11 Å². The first-order valence-corrected chi connectivity index (χ1v) is 7.34. The second-order valence-corrected chi connectivity index (χ2v) is 5.65. The topological polar surface area (TPSA) is 37.4 Å². The first-order chi connectivity index (χ1) is 9.35. The van der Waals surface area contributed by atoms with Crippen LogP contribution in [0.2, 0.25) is 0 Å². The molecule has 0 radical (unpaired) electrons. The summed E-state index contributed by atoms with van der Waals surface area (Å²) in [6.45, 7) is 3.42. The fourth-order valence-corrected chi connectivity index (χ4v) is 2.68. The Morgan fingerprint density at radius 2 is 2.05 bits per heavy atom. The van der Waals surface area contributed by atoms with E-state index in [9.17, 15) is 0 Å². The van der Waals surface area contributed by atoms with Crippen molar-refractivity contribution in [3.05, 3.63) is 18.2 Å². The molecule has 0 unspecified atom stereocenters. The molecule has 4 nitrogen and oxygen atoms in total. The van der Waals surface area contributed by atoms with Crippen molar-refractivity contribution in [2.45, 2.75) is 31.7 Å². The normalized spacial score (nSPS) is 20.6. The number of nitrogens with zero attached hydrogens (tertiary/aromatic N) is 2. The van der Waals surface area contributed by atoms with Crippen molar-refractivity contribution in [1.29, 1.82) is 0 Å². The Hall–Kier alpha value is -1.29. The quantitative estimate of drug-likeness (QED) is 0.880. The molecule has 1 saturated carbocycles. The van der Waals surface area contributed by atoms with E-state index in [2.05, 4.69) is 21.3 Å². The van der Waals surface area contributed by atoms with Crippen LogP contribution in [0.1, 0.15) is 25.7 Å². The Morgan fingerprint density at radius 3 is 2.74 bits per heavy atom. The van der Waals surface area contributed by atoms with Gasteiger partial charge in [-0.1, -0.05) is 6.07 Å². The van der Waals surface area contributed by atoms with E-state index in [4.69, 9.17) is 4.74 Å². The van der Waals surface area contributed by atoms with Gasteiger partial charge in [-0.3, -0.25) is 0 Å². The average molecular weight is 261 g/mol. The average Bonchev–Trinajstić information content (AvgIpc) is 3.30. The fourth-order valence-electron chi connectivity index (χ4n) is 2.68. The molecular formula is C15H23N3O. The predicted molar refractivity (Wildman–Crippen MR) is 76.8 cm³/mol. The number of hydrogen-bond acceptors (Lipinski definition) is 4. The minimum Gasteiger partial charge on any atom is -0.481 e. The van der Waals surface area contributed by atoms with Gasteiger partial charge in [0.1, 0.15) is 5.82 Å². The monoisotopic (exact) mass is 261 g/mol. The van der Waals surface area contributed by atoms with Crippen molar-refractivity contribution in [3.63, 3.8) is 0 Å². The van der Waals surface area contributed by atoms with Crippen LogP contribution >= 0.6 is 0 Å². The lowest BCUT2D eigenvalue weighted by Gasteiger charge is -2.33. The van der Waals surface area contributed by atoms with Gasteiger partial charge in [-0.2, -0.15) is 4.98 Å². The number of aromatic nitrogens is 1. The van der Waals surface area contributed by atoms with Gasteiger partial charge in [0.25, 0.3) is 0 Å². The van der Waals surface area contributed by atoms with Crippen molar-refractivity contribution in [1.82, 2.24) is 10.3 Å². The van der Waals surface area contributed by atoms with E-state index < -0.39 is 0 Å². The van der Waals surface area contributed by atoms with E-state index in [-0.39, 0.29) is 0 Å². The van der Waals surface area contributed by atoms with Crippen molar-refractivity contribution in [3.8, 4) is 5.88 Å². The smallest absolute Gasteiger partial charge is 0.214 e. The summed E-state index contributed by atoms with van der Waals surface area (Å²) in [6, 6.07) is 6.82. The van der Waals surface area contributed by atoms with Gasteiger partial charge in [0, 0.05) is 25.2 Å². The van der Waals surface area contributed by atoms with Gasteiger partial charge in [-0.15, -0.1) is 0 Å². The van der Waals surface area contributed by atoms with Crippen molar-refractivity contribution in [2.75, 3.05) is 31.6 Å². The molecule has 1 aromatic rings. The number of rotatable bonds is 5. The summed E-state index contributed by atoms with van der Waals surface area (Å²) in [6.07, 6.45) is 5.29. The summed E-state index contributed by atoms with van der Waals surface area (Å²) < 4.78 is 5.19. The Morgan fingerprint density at radius 1 is 1.26 bits per heavy atom. The molecule has 4 heteroatoms. The lowest BCUT2D eigenvalue weighted by Crippen LogP contribution is -2.38. The fraction of sp³-hybridized carbons (Fsp3) is 0.667. The maximum Gasteiger partial charge on any atom is 0.214 e. The molecule has 1 aliphatic heterocycles. The molecule has 0 bridgehead atoms. The van der Waals surface area contributed by atoms with Gasteiger partial charge in [0.15, 0.2) is 0 Å². The summed E-state index contributed by atoms with van der Waals surface area (Å²) in [7, 11) is 1.67. The molecule has 0 spiro atoms. The highest BCUT2D eigenvalue weighted by Gasteiger charge is 2.24. The molecule has 104 valence electrons. The SMILES string of the molecule is COc1cccc(N2CCC(CNC3CC3)CC2)n1. The van der Waals surface area contributed by atoms with Crippen LogP contribution in [-0.2, 0) is 0 Å². The molecule has 3 rings (SSSR count). The molecule has 1 N–H and O–H groups in total. The summed E-state index contributed by atoms with van der Waals surface area (Å²) in [4.78, 5) is 6.88. The molecule has 0 aromatic carbocycles. The third kappa shape index (κ3) is 3.38. The summed E-state index contributed by atoms with van der Waals surface area (Å²) in [5, 5.41) is 3.65. The Balaban J connectivity index is 1.50. The maximum absolute atomic E-state index is 5.19. The summed E-state index contributed by atoms with van der Waals surface area (Å²) in [5.74, 6) is 2.59. The van der Waals surface area contributed by atoms with Crippen LogP contribution in [0.15, 0.2) is 18.2 Å². The first-order valence-electron chi connectivity index (χ1n) is 7.34. The molecule has 2 heterocycles. The summed E-state index contributed by atoms with van der Waals surface area (Å²) >= 11 is 0. The van der Waals surface area contributed by atoms with Crippen molar-refractivity contribution >= 4 is 5.82 Å². The second kappa shape index (κ2) is 5.78. The van der Waals surface area contributed by atoms with Crippen LogP contribution in [0, 0.1) is 5.92 Å². The van der Waals surface area contributed by atoms with E-state index in [0.717, 1.165) is 30.9 Å². The minimum atomic E-state index is 0.704. The number of ether oxygens (including phenoxy) is 1. The molecule has 1 aliphatic carbocycles. The molecule has 0 amide bonds. The predicted octanol–water partition coefficient (Wildman–Crippen LogP) is 2.06. The molecule has 2 aliphatic rings. The van der Waals surface area contributed by atoms with Crippen LogP contribution in [-0.4, -0.2) is 37.8 Å². The molecule has 0 atom stereocenters. The zero-order valence-electron chi connectivity index (χ0n) is 11.6. The van der Waals surface area contributed by atoms with Crippen molar-refractivity contribution in [2.24, 2.45) is 5.92 Å². The molecule has 1 saturated heterocycles. The zero-order chi connectivity index (χ0) is 13.1. The van der Waals surface area contributed by atoms with Crippen LogP contribution < -0.4 is 15.0 Å². The first kappa shape index (κ1) is 12.7. The number of pyridine rings is 1. The molecular weight excluding hydrogens is 238 g/mol. The van der Waals surface area contributed by atoms with E-state index in [1.807, 2.05) is 12.1 Å². The highest BCUT2D eigenvalue weighted by atomic mass is 16.5.